The number of thiophene rings is 1. The minimum atomic E-state index is 0.609. The first-order valence-electron chi connectivity index (χ1n) is 5.78. The van der Waals surface area contributed by atoms with Crippen LogP contribution in [0.2, 0.25) is 0 Å². The van der Waals surface area contributed by atoms with Crippen LogP contribution < -0.4 is 5.32 Å². The fourth-order valence-corrected chi connectivity index (χ4v) is 3.96. The van der Waals surface area contributed by atoms with E-state index in [2.05, 4.69) is 46.3 Å². The molecule has 1 atom stereocenters. The molecule has 1 aliphatic rings. The summed E-state index contributed by atoms with van der Waals surface area (Å²) >= 11 is 4.28. The van der Waals surface area contributed by atoms with E-state index in [0.29, 0.717) is 6.04 Å². The van der Waals surface area contributed by atoms with Gasteiger partial charge < -0.3 is 5.32 Å². The van der Waals surface area contributed by atoms with Gasteiger partial charge in [-0.1, -0.05) is 19.8 Å². The second-order valence-electron chi connectivity index (χ2n) is 4.26. The quantitative estimate of drug-likeness (QED) is 0.814. The molecule has 0 aromatic carbocycles. The van der Waals surface area contributed by atoms with E-state index in [1.165, 1.54) is 34.1 Å². The summed E-state index contributed by atoms with van der Waals surface area (Å²) in [6.07, 6.45) is 5.66. The third kappa shape index (κ3) is 2.94. The molecular weight excluding hydrogens is 317 g/mol. The van der Waals surface area contributed by atoms with Crippen molar-refractivity contribution in [2.45, 2.75) is 38.6 Å². The Bertz CT molecular complexity index is 304. The van der Waals surface area contributed by atoms with E-state index in [9.17, 15) is 0 Å². The summed E-state index contributed by atoms with van der Waals surface area (Å²) in [5.41, 5.74) is 1.51. The van der Waals surface area contributed by atoms with E-state index in [4.69, 9.17) is 0 Å². The second-order valence-corrected chi connectivity index (χ2v) is 7.07. The minimum Gasteiger partial charge on any atom is -0.310 e. The number of nitrogens with one attached hydrogen (secondary N) is 1. The van der Waals surface area contributed by atoms with E-state index in [-0.39, 0.29) is 0 Å². The average Bonchev–Trinajstić information content (AvgIpc) is 2.85. The van der Waals surface area contributed by atoms with Gasteiger partial charge in [-0.3, -0.25) is 0 Å². The first-order valence-corrected chi connectivity index (χ1v) is 7.74. The lowest BCUT2D eigenvalue weighted by atomic mass is 9.93. The molecule has 84 valence electrons. The lowest BCUT2D eigenvalue weighted by Gasteiger charge is -2.23. The number of hydrogen-bond acceptors (Lipinski definition) is 2. The van der Waals surface area contributed by atoms with E-state index >= 15 is 0 Å². The highest BCUT2D eigenvalue weighted by atomic mass is 127. The second kappa shape index (κ2) is 5.64. The Morgan fingerprint density at radius 3 is 2.80 bits per heavy atom. The first kappa shape index (κ1) is 11.9. The van der Waals surface area contributed by atoms with E-state index in [0.717, 1.165) is 12.5 Å². The summed E-state index contributed by atoms with van der Waals surface area (Å²) < 4.78 is 1.41. The van der Waals surface area contributed by atoms with Gasteiger partial charge in [0.2, 0.25) is 0 Å². The molecule has 1 aromatic rings. The molecule has 0 radical (unpaired) electrons. The van der Waals surface area contributed by atoms with Crippen molar-refractivity contribution in [2.75, 3.05) is 6.54 Å². The van der Waals surface area contributed by atoms with Crippen LogP contribution in [0.15, 0.2) is 11.4 Å². The molecule has 2 rings (SSSR count). The van der Waals surface area contributed by atoms with Crippen molar-refractivity contribution in [3.63, 3.8) is 0 Å². The predicted molar refractivity (Wildman–Crippen MR) is 75.4 cm³/mol. The Kier molecular flexibility index (Phi) is 4.46. The maximum absolute atomic E-state index is 3.66. The first-order chi connectivity index (χ1) is 7.31. The minimum absolute atomic E-state index is 0.609. The van der Waals surface area contributed by atoms with Crippen LogP contribution in [-0.4, -0.2) is 6.54 Å². The van der Waals surface area contributed by atoms with Gasteiger partial charge >= 0.3 is 0 Å². The molecule has 1 aromatic heterocycles. The van der Waals surface area contributed by atoms with Crippen molar-refractivity contribution in [1.82, 2.24) is 5.32 Å². The molecule has 15 heavy (non-hydrogen) atoms. The van der Waals surface area contributed by atoms with Gasteiger partial charge in [-0.05, 0) is 64.9 Å². The fraction of sp³-hybridized carbons (Fsp3) is 0.667. The summed E-state index contributed by atoms with van der Waals surface area (Å²) in [5, 5.41) is 5.98. The smallest absolute Gasteiger partial charge is 0.0656 e. The SMILES string of the molecule is CCNC(c1csc(I)c1)C1CCCC1. The van der Waals surface area contributed by atoms with Crippen molar-refractivity contribution >= 4 is 33.9 Å². The molecule has 0 amide bonds. The van der Waals surface area contributed by atoms with Gasteiger partial charge in [0, 0.05) is 6.04 Å². The number of hydrogen-bond donors (Lipinski definition) is 1. The van der Waals surface area contributed by atoms with Crippen LogP contribution in [0.25, 0.3) is 0 Å². The summed E-state index contributed by atoms with van der Waals surface area (Å²) in [4.78, 5) is 0. The maximum Gasteiger partial charge on any atom is 0.0656 e. The number of rotatable bonds is 4. The molecular formula is C12H18INS. The fourth-order valence-electron chi connectivity index (χ4n) is 2.55. The van der Waals surface area contributed by atoms with Crippen molar-refractivity contribution in [3.05, 3.63) is 19.9 Å². The van der Waals surface area contributed by atoms with Gasteiger partial charge in [-0.15, -0.1) is 11.3 Å². The molecule has 1 heterocycles. The molecule has 0 spiro atoms. The van der Waals surface area contributed by atoms with Gasteiger partial charge in [-0.2, -0.15) is 0 Å². The summed E-state index contributed by atoms with van der Waals surface area (Å²) in [5.74, 6) is 0.871. The molecule has 0 saturated heterocycles. The maximum atomic E-state index is 3.66. The molecule has 1 saturated carbocycles. The third-order valence-corrected chi connectivity index (χ3v) is 5.05. The Labute approximate surface area is 110 Å². The summed E-state index contributed by atoms with van der Waals surface area (Å²) in [6, 6.07) is 2.95. The van der Waals surface area contributed by atoms with Crippen molar-refractivity contribution in [3.8, 4) is 0 Å². The van der Waals surface area contributed by atoms with Gasteiger partial charge in [0.15, 0.2) is 0 Å². The highest BCUT2D eigenvalue weighted by Crippen LogP contribution is 2.37. The van der Waals surface area contributed by atoms with Crippen LogP contribution in [0, 0.1) is 8.80 Å². The van der Waals surface area contributed by atoms with Crippen molar-refractivity contribution < 1.29 is 0 Å². The Balaban J connectivity index is 2.11. The van der Waals surface area contributed by atoms with Gasteiger partial charge in [0.1, 0.15) is 0 Å². The van der Waals surface area contributed by atoms with Crippen LogP contribution in [0.1, 0.15) is 44.2 Å². The van der Waals surface area contributed by atoms with Crippen molar-refractivity contribution in [1.29, 1.82) is 0 Å². The molecule has 1 nitrogen and oxygen atoms in total. The summed E-state index contributed by atoms with van der Waals surface area (Å²) in [6.45, 7) is 3.28. The van der Waals surface area contributed by atoms with E-state index in [1.807, 2.05) is 11.3 Å². The van der Waals surface area contributed by atoms with Gasteiger partial charge in [-0.25, -0.2) is 0 Å². The standard InChI is InChI=1S/C12H18INS/c1-2-14-12(9-5-3-4-6-9)10-7-11(13)15-8-10/h7-9,12,14H,2-6H2,1H3. The van der Waals surface area contributed by atoms with Crippen LogP contribution in [0.3, 0.4) is 0 Å². The normalized spacial score (nSPS) is 19.6. The van der Waals surface area contributed by atoms with Crippen LogP contribution in [-0.2, 0) is 0 Å². The summed E-state index contributed by atoms with van der Waals surface area (Å²) in [7, 11) is 0. The Morgan fingerprint density at radius 2 is 2.27 bits per heavy atom. The molecule has 1 fully saturated rings. The largest absolute Gasteiger partial charge is 0.310 e. The predicted octanol–water partition coefficient (Wildman–Crippen LogP) is 4.19. The van der Waals surface area contributed by atoms with Crippen LogP contribution in [0.4, 0.5) is 0 Å². The zero-order chi connectivity index (χ0) is 10.7. The van der Waals surface area contributed by atoms with E-state index in [1.54, 1.807) is 0 Å². The molecule has 0 aliphatic heterocycles. The van der Waals surface area contributed by atoms with Gasteiger partial charge in [0.25, 0.3) is 0 Å². The average molecular weight is 335 g/mol. The third-order valence-electron chi connectivity index (χ3n) is 3.24. The van der Waals surface area contributed by atoms with Crippen molar-refractivity contribution in [2.24, 2.45) is 5.92 Å². The molecule has 0 bridgehead atoms. The molecule has 1 aliphatic carbocycles. The highest BCUT2D eigenvalue weighted by Gasteiger charge is 2.26. The zero-order valence-corrected chi connectivity index (χ0v) is 12.1. The highest BCUT2D eigenvalue weighted by molar-refractivity contribution is 14.1. The lowest BCUT2D eigenvalue weighted by molar-refractivity contribution is 0.375. The van der Waals surface area contributed by atoms with Gasteiger partial charge in [0.05, 0.1) is 2.88 Å². The Hall–Kier alpha value is 0.390. The number of halogens is 1. The monoisotopic (exact) mass is 335 g/mol. The lowest BCUT2D eigenvalue weighted by Crippen LogP contribution is -2.26. The Morgan fingerprint density at radius 1 is 1.53 bits per heavy atom. The zero-order valence-electron chi connectivity index (χ0n) is 9.13. The van der Waals surface area contributed by atoms with Crippen LogP contribution >= 0.6 is 33.9 Å². The molecule has 1 N–H and O–H groups in total. The van der Waals surface area contributed by atoms with Crippen LogP contribution in [0.5, 0.6) is 0 Å². The van der Waals surface area contributed by atoms with E-state index < -0.39 is 0 Å². The molecule has 1 unspecified atom stereocenters. The molecule has 3 heteroatoms. The topological polar surface area (TPSA) is 12.0 Å².